The summed E-state index contributed by atoms with van der Waals surface area (Å²) in [6, 6.07) is 8.01. The van der Waals surface area contributed by atoms with Gasteiger partial charge in [-0.25, -0.2) is 4.98 Å². The minimum Gasteiger partial charge on any atom is -0.497 e. The van der Waals surface area contributed by atoms with Crippen LogP contribution >= 0.6 is 0 Å². The minimum absolute atomic E-state index is 0.201. The minimum atomic E-state index is -0.355. The Morgan fingerprint density at radius 2 is 1.92 bits per heavy atom. The fourth-order valence-electron chi connectivity index (χ4n) is 4.10. The van der Waals surface area contributed by atoms with Crippen molar-refractivity contribution in [2.45, 2.75) is 57.2 Å². The summed E-state index contributed by atoms with van der Waals surface area (Å²) < 4.78 is 11.5. The van der Waals surface area contributed by atoms with Crippen molar-refractivity contribution in [2.24, 2.45) is 0 Å². The van der Waals surface area contributed by atoms with Gasteiger partial charge in [0.25, 0.3) is 0 Å². The van der Waals surface area contributed by atoms with Crippen LogP contribution in [0.3, 0.4) is 0 Å². The second-order valence-electron chi connectivity index (χ2n) is 7.51. The first kappa shape index (κ1) is 15.5. The van der Waals surface area contributed by atoms with Crippen LogP contribution in [0.15, 0.2) is 24.3 Å². The average molecular weight is 325 g/mol. The Balaban J connectivity index is 1.67. The molecule has 0 saturated carbocycles. The maximum atomic E-state index is 6.31. The highest BCUT2D eigenvalue weighted by atomic mass is 16.5. The van der Waals surface area contributed by atoms with E-state index in [1.54, 1.807) is 7.11 Å². The first-order valence-electron chi connectivity index (χ1n) is 8.48. The number of hydrogen-bond donors (Lipinski definition) is 0. The zero-order chi connectivity index (χ0) is 16.9. The first-order chi connectivity index (χ1) is 11.4. The molecule has 126 valence electrons. The number of nitrogens with zero attached hydrogens (tertiary/aromatic N) is 3. The van der Waals surface area contributed by atoms with E-state index >= 15 is 0 Å². The highest BCUT2D eigenvalue weighted by molar-refractivity contribution is 5.33. The zero-order valence-corrected chi connectivity index (χ0v) is 14.7. The lowest BCUT2D eigenvalue weighted by molar-refractivity contribution is -0.199. The molecule has 2 atom stereocenters. The van der Waals surface area contributed by atoms with Crippen LogP contribution in [0.25, 0.3) is 0 Å². The van der Waals surface area contributed by atoms with E-state index < -0.39 is 0 Å². The number of benzene rings is 1. The van der Waals surface area contributed by atoms with Crippen LogP contribution in [-0.4, -0.2) is 27.9 Å². The lowest BCUT2D eigenvalue weighted by Gasteiger charge is -2.52. The molecule has 0 spiro atoms. The summed E-state index contributed by atoms with van der Waals surface area (Å²) in [5, 5.41) is 8.88. The molecule has 0 radical (unpaired) electrons. The van der Waals surface area contributed by atoms with E-state index in [2.05, 4.69) is 31.0 Å². The van der Waals surface area contributed by atoms with Crippen LogP contribution in [0, 0.1) is 0 Å². The van der Waals surface area contributed by atoms with Crippen molar-refractivity contribution < 1.29 is 9.47 Å². The van der Waals surface area contributed by atoms with E-state index in [9.17, 15) is 0 Å². The van der Waals surface area contributed by atoms with Gasteiger partial charge in [0, 0.05) is 12.3 Å². The van der Waals surface area contributed by atoms with Crippen molar-refractivity contribution in [3.05, 3.63) is 47.0 Å². The van der Waals surface area contributed by atoms with Crippen molar-refractivity contribution in [2.75, 3.05) is 7.11 Å². The van der Waals surface area contributed by atoms with Crippen LogP contribution in [0.5, 0.6) is 5.75 Å². The summed E-state index contributed by atoms with van der Waals surface area (Å²) in [6.07, 6.45) is 2.76. The lowest BCUT2D eigenvalue weighted by Crippen LogP contribution is -2.52. The number of methoxy groups -OCH3 is 1. The van der Waals surface area contributed by atoms with Gasteiger partial charge >= 0.3 is 0 Å². The largest absolute Gasteiger partial charge is 0.497 e. The molecule has 0 amide bonds. The fraction of sp³-hybridized carbons (Fsp3) is 0.526. The van der Waals surface area contributed by atoms with Crippen molar-refractivity contribution in [3.63, 3.8) is 0 Å². The molecule has 5 nitrogen and oxygen atoms in total. The molecule has 1 aliphatic carbocycles. The van der Waals surface area contributed by atoms with Crippen LogP contribution in [-0.2, 0) is 16.8 Å². The van der Waals surface area contributed by atoms with Crippen molar-refractivity contribution >= 4 is 0 Å². The number of rotatable bonds is 3. The molecule has 2 aromatic rings. The number of aromatic nitrogens is 3. The smallest absolute Gasteiger partial charge is 0.155 e. The topological polar surface area (TPSA) is 57.1 Å². The second-order valence-corrected chi connectivity index (χ2v) is 7.51. The van der Waals surface area contributed by atoms with E-state index in [0.29, 0.717) is 12.3 Å². The summed E-state index contributed by atoms with van der Waals surface area (Å²) in [4.78, 5) is 4.89. The molecule has 3 heterocycles. The van der Waals surface area contributed by atoms with Gasteiger partial charge in [0.1, 0.15) is 17.0 Å². The molecule has 24 heavy (non-hydrogen) atoms. The molecular weight excluding hydrogens is 302 g/mol. The Bertz CT molecular complexity index is 773. The van der Waals surface area contributed by atoms with E-state index in [0.717, 1.165) is 41.4 Å². The standard InChI is InChI=1S/C19H23N3O2/c1-18(2)14-9-10-19(3,24-18)17-16(14)20-15(21-22-17)11-12-5-7-13(23-4)8-6-12/h5-8,14H,9-11H2,1-4H3. The zero-order valence-electron chi connectivity index (χ0n) is 14.7. The number of hydrogen-bond acceptors (Lipinski definition) is 5. The van der Waals surface area contributed by atoms with Gasteiger partial charge in [0.05, 0.1) is 18.4 Å². The molecule has 2 unspecified atom stereocenters. The van der Waals surface area contributed by atoms with Gasteiger partial charge < -0.3 is 9.47 Å². The van der Waals surface area contributed by atoms with Crippen LogP contribution < -0.4 is 4.74 Å². The van der Waals surface area contributed by atoms with Crippen molar-refractivity contribution in [1.29, 1.82) is 0 Å². The van der Waals surface area contributed by atoms with Gasteiger partial charge in [0.15, 0.2) is 5.82 Å². The SMILES string of the molecule is COc1ccc(Cc2nnc3c(n2)C2CCC3(C)OC2(C)C)cc1. The molecule has 1 saturated heterocycles. The summed E-state index contributed by atoms with van der Waals surface area (Å²) in [7, 11) is 1.67. The Morgan fingerprint density at radius 1 is 1.17 bits per heavy atom. The van der Waals surface area contributed by atoms with Gasteiger partial charge in [-0.1, -0.05) is 12.1 Å². The average Bonchev–Trinajstić information content (AvgIpc) is 2.54. The highest BCUT2D eigenvalue weighted by Gasteiger charge is 2.54. The Morgan fingerprint density at radius 3 is 2.58 bits per heavy atom. The third-order valence-electron chi connectivity index (χ3n) is 5.35. The molecule has 3 aliphatic rings. The fourth-order valence-corrected chi connectivity index (χ4v) is 4.10. The maximum Gasteiger partial charge on any atom is 0.155 e. The predicted molar refractivity (Wildman–Crippen MR) is 90.1 cm³/mol. The first-order valence-corrected chi connectivity index (χ1v) is 8.48. The molecule has 0 N–H and O–H groups in total. The Hall–Kier alpha value is -2.01. The molecule has 5 rings (SSSR count). The molecular formula is C19H23N3O2. The van der Waals surface area contributed by atoms with E-state index in [1.165, 1.54) is 0 Å². The Labute approximate surface area is 142 Å². The van der Waals surface area contributed by atoms with E-state index in [-0.39, 0.29) is 11.2 Å². The molecule has 1 aromatic heterocycles. The second kappa shape index (κ2) is 5.24. The van der Waals surface area contributed by atoms with E-state index in [4.69, 9.17) is 14.5 Å². The summed E-state index contributed by atoms with van der Waals surface area (Å²) in [5.74, 6) is 1.91. The van der Waals surface area contributed by atoms with Gasteiger partial charge in [0.2, 0.25) is 0 Å². The number of ether oxygens (including phenoxy) is 2. The van der Waals surface area contributed by atoms with Gasteiger partial charge in [-0.15, -0.1) is 10.2 Å². The lowest BCUT2D eigenvalue weighted by atomic mass is 9.69. The van der Waals surface area contributed by atoms with Gasteiger partial charge in [-0.2, -0.15) is 0 Å². The molecule has 1 fully saturated rings. The quantitative estimate of drug-likeness (QED) is 0.866. The third-order valence-corrected chi connectivity index (χ3v) is 5.35. The molecule has 2 bridgehead atoms. The molecule has 1 aromatic carbocycles. The van der Waals surface area contributed by atoms with Crippen LogP contribution in [0.1, 0.15) is 62.3 Å². The van der Waals surface area contributed by atoms with Crippen molar-refractivity contribution in [1.82, 2.24) is 15.2 Å². The summed E-state index contributed by atoms with van der Waals surface area (Å²) in [5.41, 5.74) is 2.61. The Kier molecular flexibility index (Phi) is 3.39. The monoisotopic (exact) mass is 325 g/mol. The van der Waals surface area contributed by atoms with Gasteiger partial charge in [-0.05, 0) is 51.3 Å². The maximum absolute atomic E-state index is 6.31. The summed E-state index contributed by atoms with van der Waals surface area (Å²) in [6.45, 7) is 6.43. The van der Waals surface area contributed by atoms with Gasteiger partial charge in [-0.3, -0.25) is 0 Å². The normalized spacial score (nSPS) is 26.9. The summed E-state index contributed by atoms with van der Waals surface area (Å²) >= 11 is 0. The highest BCUT2D eigenvalue weighted by Crippen LogP contribution is 2.54. The molecule has 2 aliphatic heterocycles. The third kappa shape index (κ3) is 2.38. The van der Waals surface area contributed by atoms with Crippen LogP contribution in [0.4, 0.5) is 0 Å². The van der Waals surface area contributed by atoms with Crippen molar-refractivity contribution in [3.8, 4) is 5.75 Å². The van der Waals surface area contributed by atoms with E-state index in [1.807, 2.05) is 24.3 Å². The molecule has 5 heteroatoms. The predicted octanol–water partition coefficient (Wildman–Crippen LogP) is 3.37. The number of fused-ring (bicyclic) bond motifs is 2. The van der Waals surface area contributed by atoms with Crippen LogP contribution in [0.2, 0.25) is 0 Å².